The maximum absolute atomic E-state index is 11.0. The smallest absolute Gasteiger partial charge is 0.303 e. The van der Waals surface area contributed by atoms with Crippen molar-refractivity contribution in [3.8, 4) is 0 Å². The van der Waals surface area contributed by atoms with E-state index in [0.29, 0.717) is 19.3 Å². The monoisotopic (exact) mass is 639 g/mol. The molecule has 0 aromatic heterocycles. The molecular weight excluding hydrogens is 566 g/mol. The molecule has 0 aliphatic carbocycles. The van der Waals surface area contributed by atoms with Gasteiger partial charge >= 0.3 is 17.9 Å². The number of hydrogen-bond donors (Lipinski definition) is 3. The summed E-state index contributed by atoms with van der Waals surface area (Å²) in [5.74, 6) is -2.29. The van der Waals surface area contributed by atoms with Gasteiger partial charge in [0.25, 0.3) is 0 Å². The van der Waals surface area contributed by atoms with Crippen molar-refractivity contribution in [1.29, 1.82) is 0 Å². The van der Waals surface area contributed by atoms with Crippen LogP contribution < -0.4 is 0 Å². The second-order valence-corrected chi connectivity index (χ2v) is 13.5. The van der Waals surface area contributed by atoms with Crippen molar-refractivity contribution in [2.45, 2.75) is 187 Å². The quantitative estimate of drug-likeness (QED) is 0.0358. The molecule has 0 aliphatic heterocycles. The number of allylic oxidation sites excluding steroid dienone is 2. The van der Waals surface area contributed by atoms with Crippen molar-refractivity contribution in [3.05, 3.63) is 12.2 Å². The zero-order valence-electron chi connectivity index (χ0n) is 29.3. The molecule has 3 N–H and O–H groups in total. The first-order chi connectivity index (χ1) is 21.8. The number of carboxylic acid groups (broad SMARTS) is 3. The van der Waals surface area contributed by atoms with Crippen LogP contribution in [-0.4, -0.2) is 63.9 Å². The predicted octanol–water partition coefficient (Wildman–Crippen LogP) is 10.6. The summed E-state index contributed by atoms with van der Waals surface area (Å²) in [6.45, 7) is 5.80. The Bertz CT molecular complexity index is 683. The van der Waals surface area contributed by atoms with Crippen LogP contribution in [0.1, 0.15) is 187 Å². The van der Waals surface area contributed by atoms with E-state index in [4.69, 9.17) is 15.3 Å². The molecule has 264 valence electrons. The van der Waals surface area contributed by atoms with Gasteiger partial charge in [0.15, 0.2) is 0 Å². The van der Waals surface area contributed by atoms with Gasteiger partial charge < -0.3 is 19.8 Å². The van der Waals surface area contributed by atoms with Gasteiger partial charge in [-0.25, -0.2) is 0 Å². The average Bonchev–Trinajstić information content (AvgIpc) is 3.00. The first-order valence-corrected chi connectivity index (χ1v) is 18.9. The van der Waals surface area contributed by atoms with Crippen molar-refractivity contribution in [2.24, 2.45) is 0 Å². The molecule has 0 heterocycles. The number of rotatable bonds is 36. The summed E-state index contributed by atoms with van der Waals surface area (Å²) in [6, 6.07) is 0. The van der Waals surface area contributed by atoms with E-state index in [1.807, 2.05) is 0 Å². The highest BCUT2D eigenvalue weighted by Gasteiger charge is 2.26. The third-order valence-corrected chi connectivity index (χ3v) is 9.31. The van der Waals surface area contributed by atoms with Gasteiger partial charge in [-0.05, 0) is 71.1 Å². The van der Waals surface area contributed by atoms with Crippen LogP contribution in [0, 0.1) is 0 Å². The SMILES string of the molecule is C/C=C/CCCCCCCCCCCCCCCCCCCC[N+](CCCCC(=O)O)(CCCCC(=O)O)CCCCC(=O)O. The molecule has 0 bridgehead atoms. The Morgan fingerprint density at radius 2 is 0.644 bits per heavy atom. The van der Waals surface area contributed by atoms with Crippen molar-refractivity contribution in [2.75, 3.05) is 26.2 Å². The predicted molar refractivity (Wildman–Crippen MR) is 187 cm³/mol. The van der Waals surface area contributed by atoms with E-state index in [0.717, 1.165) is 56.3 Å². The van der Waals surface area contributed by atoms with Crippen LogP contribution in [0.5, 0.6) is 0 Å². The Morgan fingerprint density at radius 3 is 0.911 bits per heavy atom. The minimum atomic E-state index is -0.765. The number of aliphatic carboxylic acids is 3. The summed E-state index contributed by atoms with van der Waals surface area (Å²) in [5, 5.41) is 27.2. The molecule has 0 atom stereocenters. The van der Waals surface area contributed by atoms with Crippen LogP contribution in [0.3, 0.4) is 0 Å². The Labute approximate surface area is 276 Å². The van der Waals surface area contributed by atoms with E-state index in [-0.39, 0.29) is 19.3 Å². The number of quaternary nitrogens is 1. The number of nitrogens with zero attached hydrogens (tertiary/aromatic N) is 1. The first kappa shape index (κ1) is 43.1. The van der Waals surface area contributed by atoms with Crippen molar-refractivity contribution >= 4 is 17.9 Å². The number of carbonyl (C=O) groups is 3. The molecule has 0 aromatic rings. The van der Waals surface area contributed by atoms with Crippen molar-refractivity contribution < 1.29 is 34.2 Å². The lowest BCUT2D eigenvalue weighted by Crippen LogP contribution is -2.51. The second kappa shape index (κ2) is 32.1. The second-order valence-electron chi connectivity index (χ2n) is 13.5. The molecule has 0 unspecified atom stereocenters. The topological polar surface area (TPSA) is 112 Å². The molecule has 45 heavy (non-hydrogen) atoms. The third kappa shape index (κ3) is 31.9. The highest BCUT2D eigenvalue weighted by Crippen LogP contribution is 2.20. The van der Waals surface area contributed by atoms with Crippen LogP contribution in [0.4, 0.5) is 0 Å². The van der Waals surface area contributed by atoms with Gasteiger partial charge in [-0.15, -0.1) is 0 Å². The Balaban J connectivity index is 4.16. The van der Waals surface area contributed by atoms with Gasteiger partial charge in [0.1, 0.15) is 0 Å². The zero-order valence-corrected chi connectivity index (χ0v) is 29.3. The molecule has 7 nitrogen and oxygen atoms in total. The Morgan fingerprint density at radius 1 is 0.400 bits per heavy atom. The third-order valence-electron chi connectivity index (χ3n) is 9.31. The lowest BCUT2D eigenvalue weighted by molar-refractivity contribution is -0.929. The molecule has 0 amide bonds. The fourth-order valence-electron chi connectivity index (χ4n) is 6.55. The fraction of sp³-hybridized carbons (Fsp3) is 0.868. The minimum Gasteiger partial charge on any atom is -0.481 e. The highest BCUT2D eigenvalue weighted by molar-refractivity contribution is 5.67. The van der Waals surface area contributed by atoms with E-state index >= 15 is 0 Å². The van der Waals surface area contributed by atoms with Gasteiger partial charge in [-0.3, -0.25) is 14.4 Å². The van der Waals surface area contributed by atoms with E-state index in [9.17, 15) is 14.4 Å². The number of unbranched alkanes of at least 4 members (excludes halogenated alkanes) is 21. The number of carboxylic acids is 3. The van der Waals surface area contributed by atoms with Crippen LogP contribution in [0.25, 0.3) is 0 Å². The summed E-state index contributed by atoms with van der Waals surface area (Å²) in [7, 11) is 0. The Hall–Kier alpha value is -1.89. The molecular formula is C38H72NO6+. The molecule has 0 rings (SSSR count). The molecule has 0 saturated heterocycles. The molecule has 0 radical (unpaired) electrons. The average molecular weight is 639 g/mol. The lowest BCUT2D eigenvalue weighted by Gasteiger charge is -2.39. The molecule has 0 saturated carbocycles. The summed E-state index contributed by atoms with van der Waals surface area (Å²) in [6.07, 6.45) is 34.8. The summed E-state index contributed by atoms with van der Waals surface area (Å²) < 4.78 is 0.871. The summed E-state index contributed by atoms with van der Waals surface area (Å²) in [5.41, 5.74) is 0. The van der Waals surface area contributed by atoms with E-state index in [1.165, 1.54) is 116 Å². The molecule has 0 fully saturated rings. The van der Waals surface area contributed by atoms with E-state index in [1.54, 1.807) is 0 Å². The molecule has 0 aliphatic rings. The van der Waals surface area contributed by atoms with Gasteiger partial charge in [-0.2, -0.15) is 0 Å². The first-order valence-electron chi connectivity index (χ1n) is 18.9. The standard InChI is InChI=1S/C38H71NO6/c1-2-3-4-5-6-7-8-9-10-11-12-13-14-15-16-17-18-19-20-21-25-32-39(33-26-22-29-36(40)41,34-27-23-30-37(42)43)35-28-24-31-38(44)45/h2-3H,4-35H2,1H3,(H2-,40,41,42,43,44,45)/p+1/b3-2+. The molecule has 7 heteroatoms. The maximum Gasteiger partial charge on any atom is 0.303 e. The van der Waals surface area contributed by atoms with Gasteiger partial charge in [0.2, 0.25) is 0 Å². The Kier molecular flexibility index (Phi) is 30.7. The van der Waals surface area contributed by atoms with Crippen LogP contribution in [0.15, 0.2) is 12.2 Å². The van der Waals surface area contributed by atoms with Crippen LogP contribution in [0.2, 0.25) is 0 Å². The molecule has 0 aromatic carbocycles. The van der Waals surface area contributed by atoms with Crippen LogP contribution in [-0.2, 0) is 14.4 Å². The maximum atomic E-state index is 11.0. The number of hydrogen-bond acceptors (Lipinski definition) is 3. The largest absolute Gasteiger partial charge is 0.481 e. The van der Waals surface area contributed by atoms with Crippen molar-refractivity contribution in [3.63, 3.8) is 0 Å². The minimum absolute atomic E-state index is 0.177. The lowest BCUT2D eigenvalue weighted by atomic mass is 10.0. The normalized spacial score (nSPS) is 11.8. The zero-order chi connectivity index (χ0) is 33.3. The highest BCUT2D eigenvalue weighted by atomic mass is 16.4. The van der Waals surface area contributed by atoms with Gasteiger partial charge in [-0.1, -0.05) is 108 Å². The van der Waals surface area contributed by atoms with Gasteiger partial charge in [0.05, 0.1) is 26.2 Å². The van der Waals surface area contributed by atoms with E-state index < -0.39 is 17.9 Å². The van der Waals surface area contributed by atoms with Gasteiger partial charge in [0, 0.05) is 19.3 Å². The fourth-order valence-corrected chi connectivity index (χ4v) is 6.55. The summed E-state index contributed by atoms with van der Waals surface area (Å²) in [4.78, 5) is 33.1. The molecule has 0 spiro atoms. The van der Waals surface area contributed by atoms with E-state index in [2.05, 4.69) is 19.1 Å². The summed E-state index contributed by atoms with van der Waals surface area (Å²) >= 11 is 0. The van der Waals surface area contributed by atoms with Crippen molar-refractivity contribution in [1.82, 2.24) is 0 Å². The van der Waals surface area contributed by atoms with Crippen LogP contribution >= 0.6 is 0 Å².